The van der Waals surface area contributed by atoms with E-state index in [2.05, 4.69) is 5.32 Å². The Morgan fingerprint density at radius 3 is 2.45 bits per heavy atom. The second kappa shape index (κ2) is 5.79. The molecule has 2 rings (SSSR count). The highest BCUT2D eigenvalue weighted by atomic mass is 19.1. The van der Waals surface area contributed by atoms with Crippen LogP contribution in [0.1, 0.15) is 21.5 Å². The molecule has 0 unspecified atom stereocenters. The van der Waals surface area contributed by atoms with Gasteiger partial charge in [0.2, 0.25) is 0 Å². The average molecular weight is 276 g/mol. The van der Waals surface area contributed by atoms with Crippen LogP contribution in [-0.2, 0) is 6.54 Å². The van der Waals surface area contributed by atoms with E-state index in [4.69, 9.17) is 5.73 Å². The molecule has 3 N–H and O–H groups in total. The molecule has 1 amide bonds. The Labute approximate surface area is 115 Å². The summed E-state index contributed by atoms with van der Waals surface area (Å²) in [5.41, 5.74) is 7.02. The number of rotatable bonds is 3. The topological polar surface area (TPSA) is 55.1 Å². The summed E-state index contributed by atoms with van der Waals surface area (Å²) >= 11 is 0. The van der Waals surface area contributed by atoms with Crippen molar-refractivity contribution < 1.29 is 13.6 Å². The van der Waals surface area contributed by atoms with Crippen molar-refractivity contribution in [1.29, 1.82) is 0 Å². The van der Waals surface area contributed by atoms with E-state index in [1.54, 1.807) is 19.1 Å². The quantitative estimate of drug-likeness (QED) is 0.905. The molecule has 0 bridgehead atoms. The molecule has 0 saturated carbocycles. The first-order valence-corrected chi connectivity index (χ1v) is 6.08. The lowest BCUT2D eigenvalue weighted by atomic mass is 10.1. The van der Waals surface area contributed by atoms with Gasteiger partial charge in [-0.15, -0.1) is 0 Å². The summed E-state index contributed by atoms with van der Waals surface area (Å²) in [6.45, 7) is 2.10. The first-order chi connectivity index (χ1) is 9.52. The fourth-order valence-electron chi connectivity index (χ4n) is 1.83. The Morgan fingerprint density at radius 1 is 1.20 bits per heavy atom. The van der Waals surface area contributed by atoms with Crippen LogP contribution >= 0.6 is 0 Å². The third-order valence-electron chi connectivity index (χ3n) is 2.98. The van der Waals surface area contributed by atoms with Crippen LogP contribution in [0.25, 0.3) is 0 Å². The van der Waals surface area contributed by atoms with Crippen LogP contribution in [0.4, 0.5) is 14.5 Å². The van der Waals surface area contributed by atoms with Gasteiger partial charge >= 0.3 is 0 Å². The van der Waals surface area contributed by atoms with Crippen LogP contribution in [0.2, 0.25) is 0 Å². The zero-order valence-corrected chi connectivity index (χ0v) is 10.9. The van der Waals surface area contributed by atoms with Crippen molar-refractivity contribution in [3.8, 4) is 0 Å². The molecule has 2 aromatic carbocycles. The number of halogens is 2. The molecule has 3 nitrogen and oxygen atoms in total. The summed E-state index contributed by atoms with van der Waals surface area (Å²) in [6, 6.07) is 8.60. The van der Waals surface area contributed by atoms with E-state index < -0.39 is 23.1 Å². The number of amides is 1. The van der Waals surface area contributed by atoms with Gasteiger partial charge < -0.3 is 11.1 Å². The number of carbonyl (C=O) groups excluding carboxylic acids is 1. The van der Waals surface area contributed by atoms with Crippen molar-refractivity contribution >= 4 is 11.6 Å². The molecule has 0 aromatic heterocycles. The van der Waals surface area contributed by atoms with Crippen LogP contribution in [0.5, 0.6) is 0 Å². The summed E-state index contributed by atoms with van der Waals surface area (Å²) in [5, 5.41) is 2.51. The SMILES string of the molecule is Cc1ccc(CN)cc1NC(=O)c1c(F)cccc1F. The van der Waals surface area contributed by atoms with Crippen LogP contribution in [0.15, 0.2) is 36.4 Å². The predicted molar refractivity (Wildman–Crippen MR) is 73.4 cm³/mol. The van der Waals surface area contributed by atoms with Crippen LogP contribution in [0, 0.1) is 18.6 Å². The van der Waals surface area contributed by atoms with E-state index in [0.29, 0.717) is 12.2 Å². The van der Waals surface area contributed by atoms with Crippen molar-refractivity contribution in [3.63, 3.8) is 0 Å². The number of hydrogen-bond acceptors (Lipinski definition) is 2. The van der Waals surface area contributed by atoms with Gasteiger partial charge in [0.25, 0.3) is 5.91 Å². The summed E-state index contributed by atoms with van der Waals surface area (Å²) in [6.07, 6.45) is 0. The third-order valence-corrected chi connectivity index (χ3v) is 2.98. The van der Waals surface area contributed by atoms with Crippen LogP contribution in [0.3, 0.4) is 0 Å². The maximum atomic E-state index is 13.5. The first-order valence-electron chi connectivity index (χ1n) is 6.08. The molecule has 0 aliphatic carbocycles. The normalized spacial score (nSPS) is 10.4. The maximum absolute atomic E-state index is 13.5. The van der Waals surface area contributed by atoms with Gasteiger partial charge in [-0.1, -0.05) is 18.2 Å². The Balaban J connectivity index is 2.33. The van der Waals surface area contributed by atoms with E-state index in [9.17, 15) is 13.6 Å². The van der Waals surface area contributed by atoms with Gasteiger partial charge in [-0.25, -0.2) is 8.78 Å². The minimum atomic E-state index is -0.893. The molecular weight excluding hydrogens is 262 g/mol. The average Bonchev–Trinajstić information content (AvgIpc) is 2.41. The molecule has 0 aliphatic heterocycles. The maximum Gasteiger partial charge on any atom is 0.261 e. The molecule has 0 atom stereocenters. The van der Waals surface area contributed by atoms with Gasteiger partial charge in [0.05, 0.1) is 0 Å². The number of nitrogens with one attached hydrogen (secondary N) is 1. The second-order valence-corrected chi connectivity index (χ2v) is 4.40. The van der Waals surface area contributed by atoms with Gasteiger partial charge in [0.15, 0.2) is 0 Å². The summed E-state index contributed by atoms with van der Waals surface area (Å²) in [5.74, 6) is -2.61. The van der Waals surface area contributed by atoms with Crippen molar-refractivity contribution in [1.82, 2.24) is 0 Å². The van der Waals surface area contributed by atoms with Crippen molar-refractivity contribution in [2.24, 2.45) is 5.73 Å². The van der Waals surface area contributed by atoms with E-state index in [-0.39, 0.29) is 0 Å². The monoisotopic (exact) mass is 276 g/mol. The Kier molecular flexibility index (Phi) is 4.10. The number of benzene rings is 2. The van der Waals surface area contributed by atoms with Crippen molar-refractivity contribution in [2.45, 2.75) is 13.5 Å². The lowest BCUT2D eigenvalue weighted by molar-refractivity contribution is 0.101. The summed E-state index contributed by atoms with van der Waals surface area (Å²) < 4.78 is 27.1. The molecule has 2 aromatic rings. The Hall–Kier alpha value is -2.27. The highest BCUT2D eigenvalue weighted by molar-refractivity contribution is 6.05. The van der Waals surface area contributed by atoms with Crippen molar-refractivity contribution in [2.75, 3.05) is 5.32 Å². The number of aryl methyl sites for hydroxylation is 1. The number of hydrogen-bond donors (Lipinski definition) is 2. The molecule has 0 spiro atoms. The largest absolute Gasteiger partial charge is 0.326 e. The smallest absolute Gasteiger partial charge is 0.261 e. The zero-order chi connectivity index (χ0) is 14.7. The van der Waals surface area contributed by atoms with E-state index in [1.165, 1.54) is 6.07 Å². The number of carbonyl (C=O) groups is 1. The van der Waals surface area contributed by atoms with Gasteiger partial charge in [-0.2, -0.15) is 0 Å². The molecule has 104 valence electrons. The summed E-state index contributed by atoms with van der Waals surface area (Å²) in [4.78, 5) is 12.0. The highest BCUT2D eigenvalue weighted by Gasteiger charge is 2.17. The van der Waals surface area contributed by atoms with Crippen LogP contribution < -0.4 is 11.1 Å². The van der Waals surface area contributed by atoms with Gasteiger partial charge in [0.1, 0.15) is 17.2 Å². The molecule has 0 saturated heterocycles. The van der Waals surface area contributed by atoms with Gasteiger partial charge in [-0.3, -0.25) is 4.79 Å². The third kappa shape index (κ3) is 2.83. The molecule has 0 heterocycles. The molecule has 20 heavy (non-hydrogen) atoms. The lowest BCUT2D eigenvalue weighted by Crippen LogP contribution is -2.16. The highest BCUT2D eigenvalue weighted by Crippen LogP contribution is 2.19. The number of nitrogens with two attached hydrogens (primary N) is 1. The minimum Gasteiger partial charge on any atom is -0.326 e. The molecule has 5 heteroatoms. The Morgan fingerprint density at radius 2 is 1.85 bits per heavy atom. The fourth-order valence-corrected chi connectivity index (χ4v) is 1.83. The van der Waals surface area contributed by atoms with Gasteiger partial charge in [0, 0.05) is 12.2 Å². The van der Waals surface area contributed by atoms with E-state index in [1.807, 2.05) is 6.07 Å². The second-order valence-electron chi connectivity index (χ2n) is 4.40. The Bertz CT molecular complexity index is 636. The molecule has 0 radical (unpaired) electrons. The lowest BCUT2D eigenvalue weighted by Gasteiger charge is -2.11. The first kappa shape index (κ1) is 14.1. The van der Waals surface area contributed by atoms with E-state index >= 15 is 0 Å². The molecule has 0 aliphatic rings. The molecule has 0 fully saturated rings. The fraction of sp³-hybridized carbons (Fsp3) is 0.133. The number of anilines is 1. The molecular formula is C15H14F2N2O. The predicted octanol–water partition coefficient (Wildman–Crippen LogP) is 2.98. The minimum absolute atomic E-state index is 0.317. The van der Waals surface area contributed by atoms with Crippen LogP contribution in [-0.4, -0.2) is 5.91 Å². The van der Waals surface area contributed by atoms with Gasteiger partial charge in [-0.05, 0) is 36.2 Å². The zero-order valence-electron chi connectivity index (χ0n) is 10.9. The summed E-state index contributed by atoms with van der Waals surface area (Å²) in [7, 11) is 0. The standard InChI is InChI=1S/C15H14F2N2O/c1-9-5-6-10(8-18)7-13(9)19-15(20)14-11(16)3-2-4-12(14)17/h2-7H,8,18H2,1H3,(H,19,20). The van der Waals surface area contributed by atoms with E-state index in [0.717, 1.165) is 23.3 Å². The van der Waals surface area contributed by atoms with Crippen molar-refractivity contribution in [3.05, 3.63) is 64.7 Å².